The first-order valence-electron chi connectivity index (χ1n) is 14.3. The van der Waals surface area contributed by atoms with E-state index in [0.717, 1.165) is 75.7 Å². The zero-order chi connectivity index (χ0) is 27.6. The number of quaternary nitrogens is 1. The molecule has 0 aliphatic carbocycles. The number of ether oxygens (including phenoxy) is 2. The highest BCUT2D eigenvalue weighted by atomic mass is 16.5. The normalized spacial score (nSPS) is 14.0. The standard InChI is InChI=1S/C28H58N6O3/c1-5-7-9-22-36-25-26(37-23-10-8-6-2)24-34(3,4)21-20-33-28(35)27(32-19-13-16-30)14-11-17-31-18-12-15-29/h7-10,26-27,31-32H,5-6,11-25,29-30H2,1-4H3/p+1/b9-7-,10-8-. The third-order valence-electron chi connectivity index (χ3n) is 5.96. The van der Waals surface area contributed by atoms with E-state index in [1.165, 1.54) is 0 Å². The third kappa shape index (κ3) is 22.4. The number of hydrogen-bond donors (Lipinski definition) is 5. The van der Waals surface area contributed by atoms with Crippen LogP contribution in [0, 0.1) is 0 Å². The van der Waals surface area contributed by atoms with Crippen LogP contribution in [0.1, 0.15) is 52.4 Å². The SMILES string of the molecule is CC/C=C\COCC(C[N+](C)(C)CCNC(=O)C(CCCNCCCN)NCCCN)OC/C=C\CC. The van der Waals surface area contributed by atoms with E-state index >= 15 is 0 Å². The molecule has 218 valence electrons. The van der Waals surface area contributed by atoms with Crippen molar-refractivity contribution in [2.24, 2.45) is 11.5 Å². The molecule has 0 aliphatic heterocycles. The van der Waals surface area contributed by atoms with Crippen molar-refractivity contribution in [1.82, 2.24) is 16.0 Å². The Morgan fingerprint density at radius 3 is 2.22 bits per heavy atom. The molecule has 0 fully saturated rings. The maximum absolute atomic E-state index is 12.9. The monoisotopic (exact) mass is 527 g/mol. The summed E-state index contributed by atoms with van der Waals surface area (Å²) in [6.07, 6.45) is 13.9. The fourth-order valence-electron chi connectivity index (χ4n) is 3.82. The second-order valence-corrected chi connectivity index (χ2v) is 10.1. The molecule has 9 nitrogen and oxygen atoms in total. The molecule has 0 aliphatic rings. The van der Waals surface area contributed by atoms with Gasteiger partial charge in [-0.05, 0) is 71.2 Å². The van der Waals surface area contributed by atoms with Crippen LogP contribution < -0.4 is 27.4 Å². The first kappa shape index (κ1) is 35.7. The second kappa shape index (κ2) is 25.0. The maximum atomic E-state index is 12.9. The van der Waals surface area contributed by atoms with Gasteiger partial charge < -0.3 is 41.4 Å². The largest absolute Gasteiger partial charge is 0.374 e. The molecular weight excluding hydrogens is 468 g/mol. The molecule has 0 aromatic heterocycles. The molecule has 1 amide bonds. The van der Waals surface area contributed by atoms with E-state index < -0.39 is 0 Å². The average molecular weight is 528 g/mol. The number of nitrogens with zero attached hydrogens (tertiary/aromatic N) is 1. The molecule has 0 rings (SSSR count). The lowest BCUT2D eigenvalue weighted by molar-refractivity contribution is -0.892. The van der Waals surface area contributed by atoms with Crippen molar-refractivity contribution in [3.8, 4) is 0 Å². The van der Waals surface area contributed by atoms with Gasteiger partial charge in [0.05, 0.1) is 53.0 Å². The van der Waals surface area contributed by atoms with Gasteiger partial charge in [-0.2, -0.15) is 0 Å². The lowest BCUT2D eigenvalue weighted by Crippen LogP contribution is -2.52. The van der Waals surface area contributed by atoms with Crippen molar-refractivity contribution in [3.63, 3.8) is 0 Å². The highest BCUT2D eigenvalue weighted by Gasteiger charge is 2.24. The Morgan fingerprint density at radius 2 is 1.54 bits per heavy atom. The molecule has 0 saturated heterocycles. The topological polar surface area (TPSA) is 124 Å². The summed E-state index contributed by atoms with van der Waals surface area (Å²) in [6.45, 7) is 12.0. The number of hydrogen-bond acceptors (Lipinski definition) is 7. The molecule has 2 atom stereocenters. The van der Waals surface area contributed by atoms with Crippen LogP contribution in [-0.4, -0.2) is 109 Å². The Kier molecular flexibility index (Phi) is 24.1. The first-order chi connectivity index (χ1) is 17.9. The number of carbonyl (C=O) groups is 1. The van der Waals surface area contributed by atoms with Crippen LogP contribution in [-0.2, 0) is 14.3 Å². The third-order valence-corrected chi connectivity index (χ3v) is 5.96. The quantitative estimate of drug-likeness (QED) is 0.0657. The van der Waals surface area contributed by atoms with Gasteiger partial charge >= 0.3 is 0 Å². The van der Waals surface area contributed by atoms with Crippen LogP contribution in [0.15, 0.2) is 24.3 Å². The molecule has 2 unspecified atom stereocenters. The molecule has 37 heavy (non-hydrogen) atoms. The maximum Gasteiger partial charge on any atom is 0.237 e. The summed E-state index contributed by atoms with van der Waals surface area (Å²) >= 11 is 0. The molecule has 0 saturated carbocycles. The number of likely N-dealkylation sites (N-methyl/N-ethyl adjacent to an activating group) is 1. The molecule has 0 aromatic carbocycles. The highest BCUT2D eigenvalue weighted by Crippen LogP contribution is 2.05. The van der Waals surface area contributed by atoms with Gasteiger partial charge in [0.25, 0.3) is 0 Å². The number of allylic oxidation sites excluding steroid dienone is 2. The Bertz CT molecular complexity index is 586. The number of nitrogens with one attached hydrogen (secondary N) is 3. The van der Waals surface area contributed by atoms with Gasteiger partial charge in [0.15, 0.2) is 0 Å². The lowest BCUT2D eigenvalue weighted by Gasteiger charge is -2.33. The predicted octanol–water partition coefficient (Wildman–Crippen LogP) is 1.54. The van der Waals surface area contributed by atoms with Crippen molar-refractivity contribution in [1.29, 1.82) is 0 Å². The molecule has 9 heteroatoms. The van der Waals surface area contributed by atoms with E-state index in [4.69, 9.17) is 20.9 Å². The van der Waals surface area contributed by atoms with Crippen LogP contribution in [0.5, 0.6) is 0 Å². The van der Waals surface area contributed by atoms with Crippen LogP contribution >= 0.6 is 0 Å². The van der Waals surface area contributed by atoms with Crippen LogP contribution in [0.3, 0.4) is 0 Å². The summed E-state index contributed by atoms with van der Waals surface area (Å²) in [5.74, 6) is 0.0579. The molecular formula is C28H59N6O3+. The van der Waals surface area contributed by atoms with Gasteiger partial charge in [0.2, 0.25) is 5.91 Å². The summed E-state index contributed by atoms with van der Waals surface area (Å²) in [7, 11) is 4.34. The minimum Gasteiger partial charge on any atom is -0.374 e. The molecule has 0 heterocycles. The summed E-state index contributed by atoms with van der Waals surface area (Å²) < 4.78 is 12.7. The molecule has 0 radical (unpaired) electrons. The minimum atomic E-state index is -0.204. The Labute approximate surface area is 227 Å². The Hall–Kier alpha value is -1.33. The fourth-order valence-corrected chi connectivity index (χ4v) is 3.82. The molecule has 0 spiro atoms. The van der Waals surface area contributed by atoms with E-state index in [0.29, 0.717) is 39.5 Å². The van der Waals surface area contributed by atoms with Crippen LogP contribution in [0.2, 0.25) is 0 Å². The van der Waals surface area contributed by atoms with E-state index in [1.807, 2.05) is 0 Å². The fraction of sp³-hybridized carbons (Fsp3) is 0.821. The molecule has 7 N–H and O–H groups in total. The van der Waals surface area contributed by atoms with Crippen molar-refractivity contribution < 1.29 is 18.8 Å². The number of rotatable bonds is 26. The van der Waals surface area contributed by atoms with Gasteiger partial charge in [-0.3, -0.25) is 4.79 Å². The predicted molar refractivity (Wildman–Crippen MR) is 156 cm³/mol. The summed E-state index contributed by atoms with van der Waals surface area (Å²) in [4.78, 5) is 12.9. The zero-order valence-corrected chi connectivity index (χ0v) is 24.3. The van der Waals surface area contributed by atoms with Crippen molar-refractivity contribution in [2.45, 2.75) is 64.5 Å². The van der Waals surface area contributed by atoms with E-state index in [2.05, 4.69) is 68.2 Å². The van der Waals surface area contributed by atoms with Gasteiger partial charge in [-0.25, -0.2) is 0 Å². The van der Waals surface area contributed by atoms with Gasteiger partial charge in [0.1, 0.15) is 12.6 Å². The summed E-state index contributed by atoms with van der Waals surface area (Å²) in [5, 5.41) is 9.91. The van der Waals surface area contributed by atoms with E-state index in [-0.39, 0.29) is 18.1 Å². The van der Waals surface area contributed by atoms with Crippen molar-refractivity contribution >= 4 is 5.91 Å². The number of nitrogens with two attached hydrogens (primary N) is 2. The van der Waals surface area contributed by atoms with Gasteiger partial charge in [-0.1, -0.05) is 38.2 Å². The molecule has 0 bridgehead atoms. The molecule has 0 aromatic rings. The zero-order valence-electron chi connectivity index (χ0n) is 24.3. The van der Waals surface area contributed by atoms with Crippen molar-refractivity contribution in [3.05, 3.63) is 24.3 Å². The van der Waals surface area contributed by atoms with Gasteiger partial charge in [-0.15, -0.1) is 0 Å². The summed E-state index contributed by atoms with van der Waals surface area (Å²) in [6, 6.07) is -0.204. The van der Waals surface area contributed by atoms with Gasteiger partial charge in [0, 0.05) is 0 Å². The first-order valence-corrected chi connectivity index (χ1v) is 14.3. The van der Waals surface area contributed by atoms with E-state index in [1.54, 1.807) is 0 Å². The minimum absolute atomic E-state index is 0.0142. The smallest absolute Gasteiger partial charge is 0.237 e. The van der Waals surface area contributed by atoms with E-state index in [9.17, 15) is 4.79 Å². The van der Waals surface area contributed by atoms with Crippen molar-refractivity contribution in [2.75, 3.05) is 86.3 Å². The number of carbonyl (C=O) groups excluding carboxylic acids is 1. The van der Waals surface area contributed by atoms with Crippen LogP contribution in [0.4, 0.5) is 0 Å². The average Bonchev–Trinajstić information content (AvgIpc) is 2.87. The second-order valence-electron chi connectivity index (χ2n) is 10.1. The lowest BCUT2D eigenvalue weighted by atomic mass is 10.1. The van der Waals surface area contributed by atoms with Crippen LogP contribution in [0.25, 0.3) is 0 Å². The highest BCUT2D eigenvalue weighted by molar-refractivity contribution is 5.81. The number of amides is 1. The Balaban J connectivity index is 4.69. The summed E-state index contributed by atoms with van der Waals surface area (Å²) in [5.41, 5.74) is 11.2. The Morgan fingerprint density at radius 1 is 0.892 bits per heavy atom.